The van der Waals surface area contributed by atoms with Crippen molar-refractivity contribution in [1.82, 2.24) is 19.9 Å². The molecule has 1 atom stereocenters. The van der Waals surface area contributed by atoms with E-state index < -0.39 is 0 Å². The minimum absolute atomic E-state index is 0.259. The maximum Gasteiger partial charge on any atom is 0.154 e. The number of hydrogen-bond acceptors (Lipinski definition) is 7. The number of fused-ring (bicyclic) bond motifs is 1. The first-order valence-electron chi connectivity index (χ1n) is 7.93. The number of pyridine rings is 2. The molecule has 3 aromatic heterocycles. The van der Waals surface area contributed by atoms with Crippen molar-refractivity contribution >= 4 is 22.7 Å². The van der Waals surface area contributed by atoms with E-state index in [4.69, 9.17) is 0 Å². The van der Waals surface area contributed by atoms with Crippen LogP contribution in [0, 0.1) is 0 Å². The summed E-state index contributed by atoms with van der Waals surface area (Å²) in [6, 6.07) is 5.88. The van der Waals surface area contributed by atoms with E-state index in [1.165, 1.54) is 0 Å². The van der Waals surface area contributed by atoms with Gasteiger partial charge in [-0.1, -0.05) is 0 Å². The molecule has 0 radical (unpaired) electrons. The first-order chi connectivity index (χ1) is 11.7. The summed E-state index contributed by atoms with van der Waals surface area (Å²) in [6.07, 6.45) is 5.67. The lowest BCUT2D eigenvalue weighted by molar-refractivity contribution is 0.198. The molecule has 4 heterocycles. The summed E-state index contributed by atoms with van der Waals surface area (Å²) in [5.74, 6) is 1.58. The van der Waals surface area contributed by atoms with E-state index in [1.54, 1.807) is 12.4 Å². The summed E-state index contributed by atoms with van der Waals surface area (Å²) in [7, 11) is 1.82. The van der Waals surface area contributed by atoms with Gasteiger partial charge in [-0.05, 0) is 24.6 Å². The van der Waals surface area contributed by atoms with E-state index in [0.717, 1.165) is 41.1 Å². The van der Waals surface area contributed by atoms with Crippen LogP contribution in [-0.4, -0.2) is 51.3 Å². The number of aliphatic hydroxyl groups is 1. The number of nitrogens with one attached hydrogen (secondary N) is 1. The van der Waals surface area contributed by atoms with E-state index in [1.807, 2.05) is 31.4 Å². The molecule has 122 valence electrons. The lowest BCUT2D eigenvalue weighted by atomic mass is 10.1. The zero-order chi connectivity index (χ0) is 16.5. The molecule has 0 amide bonds. The Labute approximate surface area is 139 Å². The van der Waals surface area contributed by atoms with Crippen molar-refractivity contribution in [3.05, 3.63) is 36.8 Å². The number of anilines is 2. The van der Waals surface area contributed by atoms with Crippen molar-refractivity contribution in [1.29, 1.82) is 0 Å². The van der Waals surface area contributed by atoms with Crippen molar-refractivity contribution < 1.29 is 5.11 Å². The van der Waals surface area contributed by atoms with Gasteiger partial charge in [0.05, 0.1) is 17.3 Å². The molecule has 3 aromatic rings. The van der Waals surface area contributed by atoms with Gasteiger partial charge in [0.15, 0.2) is 5.82 Å². The monoisotopic (exact) mass is 322 g/mol. The van der Waals surface area contributed by atoms with Crippen LogP contribution >= 0.6 is 0 Å². The Hall–Kier alpha value is -2.80. The fourth-order valence-corrected chi connectivity index (χ4v) is 2.97. The third-order valence-corrected chi connectivity index (χ3v) is 4.22. The highest BCUT2D eigenvalue weighted by Gasteiger charge is 2.21. The van der Waals surface area contributed by atoms with E-state index in [9.17, 15) is 5.11 Å². The van der Waals surface area contributed by atoms with Gasteiger partial charge in [-0.3, -0.25) is 4.98 Å². The van der Waals surface area contributed by atoms with Crippen LogP contribution in [0.25, 0.3) is 22.3 Å². The first-order valence-corrected chi connectivity index (χ1v) is 7.93. The van der Waals surface area contributed by atoms with Gasteiger partial charge in [-0.25, -0.2) is 15.0 Å². The van der Waals surface area contributed by atoms with Gasteiger partial charge >= 0.3 is 0 Å². The smallest absolute Gasteiger partial charge is 0.154 e. The minimum Gasteiger partial charge on any atom is -0.391 e. The van der Waals surface area contributed by atoms with Gasteiger partial charge in [0.25, 0.3) is 0 Å². The molecule has 1 unspecified atom stereocenters. The molecule has 7 nitrogen and oxygen atoms in total. The van der Waals surface area contributed by atoms with Crippen LogP contribution in [-0.2, 0) is 0 Å². The molecule has 1 fully saturated rings. The molecule has 0 aromatic carbocycles. The van der Waals surface area contributed by atoms with Crippen molar-refractivity contribution in [2.45, 2.75) is 12.5 Å². The highest BCUT2D eigenvalue weighted by molar-refractivity contribution is 5.88. The van der Waals surface area contributed by atoms with Crippen LogP contribution in [0.2, 0.25) is 0 Å². The number of hydrogen-bond donors (Lipinski definition) is 2. The Bertz CT molecular complexity index is 867. The molecule has 4 rings (SSSR count). The molecule has 7 heteroatoms. The number of nitrogens with zero attached hydrogens (tertiary/aromatic N) is 5. The molecule has 2 N–H and O–H groups in total. The van der Waals surface area contributed by atoms with Gasteiger partial charge < -0.3 is 15.3 Å². The van der Waals surface area contributed by atoms with Crippen LogP contribution in [0.4, 0.5) is 11.6 Å². The number of β-amino-alcohol motifs (C(OH)–C–C–N with tert-alkyl or cyclic N) is 1. The predicted molar refractivity (Wildman–Crippen MR) is 92.9 cm³/mol. The summed E-state index contributed by atoms with van der Waals surface area (Å²) in [6.45, 7) is 1.47. The Kier molecular flexibility index (Phi) is 3.70. The van der Waals surface area contributed by atoms with Crippen molar-refractivity contribution in [3.8, 4) is 11.3 Å². The predicted octanol–water partition coefficient (Wildman–Crippen LogP) is 1.70. The van der Waals surface area contributed by atoms with Crippen LogP contribution in [0.1, 0.15) is 6.42 Å². The number of rotatable bonds is 3. The fraction of sp³-hybridized carbons (Fsp3) is 0.294. The molecular weight excluding hydrogens is 304 g/mol. The second-order valence-electron chi connectivity index (χ2n) is 5.82. The highest BCUT2D eigenvalue weighted by Crippen LogP contribution is 2.26. The topological polar surface area (TPSA) is 87.1 Å². The van der Waals surface area contributed by atoms with Crippen LogP contribution in [0.5, 0.6) is 0 Å². The van der Waals surface area contributed by atoms with E-state index in [2.05, 4.69) is 30.2 Å². The summed E-state index contributed by atoms with van der Waals surface area (Å²) in [5.41, 5.74) is 3.26. The van der Waals surface area contributed by atoms with Crippen LogP contribution in [0.15, 0.2) is 36.8 Å². The normalized spacial score (nSPS) is 17.4. The van der Waals surface area contributed by atoms with Gasteiger partial charge in [0, 0.05) is 44.3 Å². The number of aromatic nitrogens is 4. The third kappa shape index (κ3) is 2.63. The highest BCUT2D eigenvalue weighted by atomic mass is 16.3. The summed E-state index contributed by atoms with van der Waals surface area (Å²) >= 11 is 0. The van der Waals surface area contributed by atoms with Gasteiger partial charge in [-0.2, -0.15) is 0 Å². The summed E-state index contributed by atoms with van der Waals surface area (Å²) < 4.78 is 0. The molecular formula is C17H18N6O. The molecule has 0 saturated carbocycles. The molecule has 24 heavy (non-hydrogen) atoms. The lowest BCUT2D eigenvalue weighted by Crippen LogP contribution is -2.21. The fourth-order valence-electron chi connectivity index (χ4n) is 2.97. The minimum atomic E-state index is -0.259. The zero-order valence-corrected chi connectivity index (χ0v) is 13.3. The Morgan fingerprint density at radius 2 is 2.08 bits per heavy atom. The van der Waals surface area contributed by atoms with Crippen LogP contribution in [0.3, 0.4) is 0 Å². The van der Waals surface area contributed by atoms with E-state index >= 15 is 0 Å². The Morgan fingerprint density at radius 3 is 2.79 bits per heavy atom. The van der Waals surface area contributed by atoms with E-state index in [-0.39, 0.29) is 6.10 Å². The molecule has 0 bridgehead atoms. The van der Waals surface area contributed by atoms with E-state index in [0.29, 0.717) is 12.4 Å². The Balaban J connectivity index is 1.69. The Morgan fingerprint density at radius 1 is 1.21 bits per heavy atom. The zero-order valence-electron chi connectivity index (χ0n) is 13.3. The third-order valence-electron chi connectivity index (χ3n) is 4.22. The molecule has 1 aliphatic rings. The standard InChI is InChI=1S/C17H18N6O/c1-18-17-16-14(19-5-6-20-16)8-13(22-17)11-2-3-15(21-9-11)23-7-4-12(24)10-23/h2-3,5-6,8-9,12,24H,4,7,10H2,1H3,(H,18,22). The average Bonchev–Trinajstić information content (AvgIpc) is 3.07. The maximum atomic E-state index is 9.65. The van der Waals surface area contributed by atoms with Gasteiger partial charge in [0.2, 0.25) is 0 Å². The second kappa shape index (κ2) is 6.01. The number of aliphatic hydroxyl groups excluding tert-OH is 1. The second-order valence-corrected chi connectivity index (χ2v) is 5.82. The summed E-state index contributed by atoms with van der Waals surface area (Å²) in [4.78, 5) is 19.9. The molecule has 0 aliphatic carbocycles. The lowest BCUT2D eigenvalue weighted by Gasteiger charge is -2.16. The largest absolute Gasteiger partial charge is 0.391 e. The van der Waals surface area contributed by atoms with Crippen LogP contribution < -0.4 is 10.2 Å². The van der Waals surface area contributed by atoms with Crippen molar-refractivity contribution in [2.24, 2.45) is 0 Å². The molecule has 1 aliphatic heterocycles. The SMILES string of the molecule is CNc1nc(-c2ccc(N3CCC(O)C3)nc2)cc2nccnc12. The molecule has 0 spiro atoms. The maximum absolute atomic E-state index is 9.65. The average molecular weight is 322 g/mol. The van der Waals surface area contributed by atoms with Gasteiger partial charge in [-0.15, -0.1) is 0 Å². The summed E-state index contributed by atoms with van der Waals surface area (Å²) in [5, 5.41) is 12.7. The van der Waals surface area contributed by atoms with Gasteiger partial charge in [0.1, 0.15) is 11.3 Å². The van der Waals surface area contributed by atoms with Crippen molar-refractivity contribution in [2.75, 3.05) is 30.4 Å². The first kappa shape index (κ1) is 14.8. The quantitative estimate of drug-likeness (QED) is 0.759. The molecule has 1 saturated heterocycles. The van der Waals surface area contributed by atoms with Crippen molar-refractivity contribution in [3.63, 3.8) is 0 Å².